The van der Waals surface area contributed by atoms with Gasteiger partial charge in [-0.3, -0.25) is 9.63 Å². The zero-order valence-electron chi connectivity index (χ0n) is 11.6. The number of rotatable bonds is 1. The summed E-state index contributed by atoms with van der Waals surface area (Å²) in [6, 6.07) is 10.5. The van der Waals surface area contributed by atoms with Gasteiger partial charge in [-0.15, -0.1) is 0 Å². The Bertz CT molecular complexity index is 508. The Labute approximate surface area is 119 Å². The number of carbonyl (C=O) groups is 1. The minimum atomic E-state index is -0.0133. The van der Waals surface area contributed by atoms with Crippen LogP contribution in [0.2, 0.25) is 0 Å². The van der Waals surface area contributed by atoms with Gasteiger partial charge in [0.15, 0.2) is 0 Å². The van der Waals surface area contributed by atoms with E-state index in [1.807, 2.05) is 0 Å². The van der Waals surface area contributed by atoms with Crippen molar-refractivity contribution in [1.82, 2.24) is 5.06 Å². The molecule has 106 valence electrons. The van der Waals surface area contributed by atoms with E-state index >= 15 is 0 Å². The molecule has 0 N–H and O–H groups in total. The van der Waals surface area contributed by atoms with Crippen molar-refractivity contribution in [2.24, 2.45) is 5.92 Å². The fourth-order valence-corrected chi connectivity index (χ4v) is 4.08. The van der Waals surface area contributed by atoms with Crippen LogP contribution in [0.5, 0.6) is 0 Å². The van der Waals surface area contributed by atoms with Gasteiger partial charge in [0.25, 0.3) is 0 Å². The second-order valence-corrected chi connectivity index (χ2v) is 6.09. The summed E-state index contributed by atoms with van der Waals surface area (Å²) in [5.41, 5.74) is 1.27. The molecule has 3 fully saturated rings. The first kappa shape index (κ1) is 12.4. The van der Waals surface area contributed by atoms with Crippen LogP contribution in [0.25, 0.3) is 0 Å². The molecule has 0 saturated carbocycles. The third kappa shape index (κ3) is 1.71. The monoisotopic (exact) mass is 272 g/mol. The minimum absolute atomic E-state index is 0.0133. The molecule has 1 aromatic carbocycles. The predicted octanol–water partition coefficient (Wildman–Crippen LogP) is 1.86. The van der Waals surface area contributed by atoms with Crippen molar-refractivity contribution in [3.63, 3.8) is 0 Å². The van der Waals surface area contributed by atoms with Crippen LogP contribution in [0.1, 0.15) is 19.3 Å². The molecule has 0 radical (unpaired) electrons. The third-order valence-corrected chi connectivity index (χ3v) is 5.24. The maximum atomic E-state index is 12.2. The number of piperidine rings is 2. The summed E-state index contributed by atoms with van der Waals surface area (Å²) in [6.07, 6.45) is 2.71. The fraction of sp³-hybridized carbons (Fsp3) is 0.562. The number of hydroxylamine groups is 2. The van der Waals surface area contributed by atoms with Gasteiger partial charge in [-0.2, -0.15) is 5.06 Å². The standard InChI is InChI=1S/C16H20N2O2/c19-15-6-9-18-16(14(15)12-20-18)7-10-17(11-8-16)13-4-2-1-3-5-13/h1-5,14H,6-12H2. The van der Waals surface area contributed by atoms with Gasteiger partial charge in [0, 0.05) is 31.7 Å². The molecule has 3 heterocycles. The summed E-state index contributed by atoms with van der Waals surface area (Å²) in [5.74, 6) is 0.515. The molecule has 4 nitrogen and oxygen atoms in total. The molecule has 2 bridgehead atoms. The molecule has 1 aromatic rings. The lowest BCUT2D eigenvalue weighted by atomic mass is 9.72. The molecule has 1 spiro atoms. The van der Waals surface area contributed by atoms with Crippen LogP contribution >= 0.6 is 0 Å². The summed E-state index contributed by atoms with van der Waals surface area (Å²) in [6.45, 7) is 3.39. The first-order chi connectivity index (χ1) is 9.79. The van der Waals surface area contributed by atoms with E-state index < -0.39 is 0 Å². The van der Waals surface area contributed by atoms with Gasteiger partial charge in [-0.25, -0.2) is 0 Å². The molecule has 2 atom stereocenters. The summed E-state index contributed by atoms with van der Waals surface area (Å²) < 4.78 is 0. The number of carbonyl (C=O) groups excluding carboxylic acids is 1. The highest BCUT2D eigenvalue weighted by molar-refractivity contribution is 5.84. The van der Waals surface area contributed by atoms with E-state index in [1.54, 1.807) is 0 Å². The lowest BCUT2D eigenvalue weighted by Crippen LogP contribution is -2.59. The zero-order valence-corrected chi connectivity index (χ0v) is 11.6. The Morgan fingerprint density at radius 1 is 1.10 bits per heavy atom. The number of benzene rings is 1. The van der Waals surface area contributed by atoms with Gasteiger partial charge >= 0.3 is 0 Å². The Balaban J connectivity index is 1.53. The highest BCUT2D eigenvalue weighted by Gasteiger charge is 2.56. The van der Waals surface area contributed by atoms with Gasteiger partial charge in [0.2, 0.25) is 0 Å². The van der Waals surface area contributed by atoms with E-state index in [0.29, 0.717) is 18.8 Å². The van der Waals surface area contributed by atoms with E-state index in [1.165, 1.54) is 5.69 Å². The van der Waals surface area contributed by atoms with E-state index in [4.69, 9.17) is 4.84 Å². The molecule has 2 unspecified atom stereocenters. The molecule has 20 heavy (non-hydrogen) atoms. The minimum Gasteiger partial charge on any atom is -0.371 e. The molecule has 0 aromatic heterocycles. The lowest BCUT2D eigenvalue weighted by molar-refractivity contribution is -0.178. The summed E-state index contributed by atoms with van der Waals surface area (Å²) >= 11 is 0. The third-order valence-electron chi connectivity index (χ3n) is 5.24. The van der Waals surface area contributed by atoms with Crippen LogP contribution in [-0.2, 0) is 9.63 Å². The molecule has 4 rings (SSSR count). The first-order valence-corrected chi connectivity index (χ1v) is 7.53. The lowest BCUT2D eigenvalue weighted by Gasteiger charge is -2.48. The first-order valence-electron chi connectivity index (χ1n) is 7.53. The van der Waals surface area contributed by atoms with Crippen molar-refractivity contribution >= 4 is 11.5 Å². The highest BCUT2D eigenvalue weighted by Crippen LogP contribution is 2.45. The van der Waals surface area contributed by atoms with Gasteiger partial charge in [0.05, 0.1) is 18.1 Å². The van der Waals surface area contributed by atoms with Crippen LogP contribution in [0.3, 0.4) is 0 Å². The van der Waals surface area contributed by atoms with E-state index in [0.717, 1.165) is 32.5 Å². The Morgan fingerprint density at radius 2 is 1.85 bits per heavy atom. The average Bonchev–Trinajstić information content (AvgIpc) is 2.70. The number of anilines is 1. The Hall–Kier alpha value is -1.39. The Kier molecular flexibility index (Phi) is 2.82. The normalized spacial score (nSPS) is 31.8. The molecular formula is C16H20N2O2. The van der Waals surface area contributed by atoms with Gasteiger partial charge < -0.3 is 4.90 Å². The van der Waals surface area contributed by atoms with Gasteiger partial charge in [-0.05, 0) is 25.0 Å². The maximum absolute atomic E-state index is 12.2. The van der Waals surface area contributed by atoms with Crippen LogP contribution in [0.4, 0.5) is 5.69 Å². The summed E-state index contributed by atoms with van der Waals surface area (Å²) in [4.78, 5) is 20.4. The van der Waals surface area contributed by atoms with E-state index in [-0.39, 0.29) is 11.5 Å². The number of para-hydroxylation sites is 1. The topological polar surface area (TPSA) is 32.8 Å². The van der Waals surface area contributed by atoms with Crippen LogP contribution in [0, 0.1) is 5.92 Å². The summed E-state index contributed by atoms with van der Waals surface area (Å²) in [7, 11) is 0. The zero-order chi connectivity index (χ0) is 13.6. The van der Waals surface area contributed by atoms with Crippen molar-refractivity contribution in [1.29, 1.82) is 0 Å². The number of nitrogens with zero attached hydrogens (tertiary/aromatic N) is 2. The van der Waals surface area contributed by atoms with Crippen LogP contribution in [-0.4, -0.2) is 42.6 Å². The number of hydrogen-bond acceptors (Lipinski definition) is 4. The van der Waals surface area contributed by atoms with Crippen LogP contribution in [0.15, 0.2) is 30.3 Å². The van der Waals surface area contributed by atoms with Crippen molar-refractivity contribution in [3.8, 4) is 0 Å². The molecule has 3 saturated heterocycles. The molecule has 3 aliphatic rings. The molecule has 0 amide bonds. The van der Waals surface area contributed by atoms with Crippen LogP contribution < -0.4 is 4.90 Å². The van der Waals surface area contributed by atoms with E-state index in [9.17, 15) is 4.79 Å². The molecule has 0 aliphatic carbocycles. The summed E-state index contributed by atoms with van der Waals surface area (Å²) in [5, 5.41) is 2.13. The predicted molar refractivity (Wildman–Crippen MR) is 76.4 cm³/mol. The smallest absolute Gasteiger partial charge is 0.141 e. The van der Waals surface area contributed by atoms with Crippen molar-refractivity contribution < 1.29 is 9.63 Å². The van der Waals surface area contributed by atoms with Crippen molar-refractivity contribution in [2.45, 2.75) is 24.8 Å². The molecule has 3 aliphatic heterocycles. The largest absolute Gasteiger partial charge is 0.371 e. The number of hydrogen-bond donors (Lipinski definition) is 0. The Morgan fingerprint density at radius 3 is 2.60 bits per heavy atom. The quantitative estimate of drug-likeness (QED) is 0.781. The fourth-order valence-electron chi connectivity index (χ4n) is 4.08. The maximum Gasteiger partial charge on any atom is 0.141 e. The molecular weight excluding hydrogens is 252 g/mol. The number of Topliss-reactive ketones (excluding diaryl/α,β-unsaturated/α-hetero) is 1. The number of ketones is 1. The van der Waals surface area contributed by atoms with Gasteiger partial charge in [0.1, 0.15) is 5.78 Å². The van der Waals surface area contributed by atoms with Gasteiger partial charge in [-0.1, -0.05) is 18.2 Å². The van der Waals surface area contributed by atoms with Crippen molar-refractivity contribution in [2.75, 3.05) is 31.1 Å². The van der Waals surface area contributed by atoms with Crippen molar-refractivity contribution in [3.05, 3.63) is 30.3 Å². The highest BCUT2D eigenvalue weighted by atomic mass is 16.7. The second-order valence-electron chi connectivity index (χ2n) is 6.09. The SMILES string of the molecule is O=C1CCN2OCC1C21CCN(c2ccccc2)CC1. The molecule has 4 heteroatoms. The average molecular weight is 272 g/mol. The van der Waals surface area contributed by atoms with E-state index in [2.05, 4.69) is 40.3 Å². The second kappa shape index (κ2) is 4.57.